The molecule has 1 N–H and O–H groups in total. The minimum Gasteiger partial charge on any atom is -0.317 e. The third-order valence-corrected chi connectivity index (χ3v) is 14.9. The summed E-state index contributed by atoms with van der Waals surface area (Å²) in [7, 11) is 0. The summed E-state index contributed by atoms with van der Waals surface area (Å²) in [5.74, 6) is 0. The van der Waals surface area contributed by atoms with Gasteiger partial charge in [-0.05, 0) is 25.9 Å². The van der Waals surface area contributed by atoms with E-state index in [0.29, 0.717) is 0 Å². The molecule has 0 aromatic heterocycles. The number of hydrogen-bond donors (Lipinski definition) is 1. The average molecular weight is 887 g/mol. The highest BCUT2D eigenvalue weighted by molar-refractivity contribution is 4.56. The monoisotopic (exact) mass is 886 g/mol. The van der Waals surface area contributed by atoms with Crippen molar-refractivity contribution in [1.82, 2.24) is 5.32 Å². The van der Waals surface area contributed by atoms with Crippen molar-refractivity contribution in [3.05, 3.63) is 0 Å². The van der Waals surface area contributed by atoms with E-state index < -0.39 is 0 Å². The second-order valence-corrected chi connectivity index (χ2v) is 21.5. The molecular weight excluding hydrogens is 759 g/mol. The lowest BCUT2D eigenvalue weighted by Crippen LogP contribution is -2.16. The Labute approximate surface area is 403 Å². The van der Waals surface area contributed by atoms with Crippen molar-refractivity contribution in [2.75, 3.05) is 13.1 Å². The molecule has 1 nitrogen and oxygen atoms in total. The van der Waals surface area contributed by atoms with Gasteiger partial charge in [0.25, 0.3) is 0 Å². The third-order valence-electron chi connectivity index (χ3n) is 14.9. The first-order valence-corrected chi connectivity index (χ1v) is 31.1. The standard InChI is InChI=1S/C62H127N/c1-3-5-7-9-11-13-15-17-19-21-23-25-27-29-31-33-35-37-39-41-43-45-47-49-51-53-55-57-59-61-63-62-60-58-56-54-52-50-48-46-44-42-40-38-36-34-32-30-28-26-24-22-20-18-16-14-12-10-8-6-4-2/h63H,3-62H2,1-2H3. The largest absolute Gasteiger partial charge is 0.317 e. The summed E-state index contributed by atoms with van der Waals surface area (Å²) in [5, 5.41) is 3.73. The maximum atomic E-state index is 3.73. The molecule has 0 radical (unpaired) electrons. The molecule has 0 fully saturated rings. The molecule has 0 amide bonds. The van der Waals surface area contributed by atoms with Crippen molar-refractivity contribution in [1.29, 1.82) is 0 Å². The van der Waals surface area contributed by atoms with Crippen molar-refractivity contribution in [2.45, 2.75) is 386 Å². The van der Waals surface area contributed by atoms with E-state index in [1.54, 1.807) is 0 Å². The van der Waals surface area contributed by atoms with Crippen LogP contribution in [0.3, 0.4) is 0 Å². The van der Waals surface area contributed by atoms with Gasteiger partial charge in [-0.1, -0.05) is 373 Å². The summed E-state index contributed by atoms with van der Waals surface area (Å²) in [6.45, 7) is 7.13. The van der Waals surface area contributed by atoms with E-state index in [4.69, 9.17) is 0 Å². The summed E-state index contributed by atoms with van der Waals surface area (Å²) in [6, 6.07) is 0. The van der Waals surface area contributed by atoms with Crippen LogP contribution in [0.4, 0.5) is 0 Å². The van der Waals surface area contributed by atoms with Crippen LogP contribution in [0.5, 0.6) is 0 Å². The van der Waals surface area contributed by atoms with Gasteiger partial charge < -0.3 is 5.32 Å². The molecule has 0 aliphatic heterocycles. The summed E-state index contributed by atoms with van der Waals surface area (Å²) < 4.78 is 0. The van der Waals surface area contributed by atoms with E-state index in [0.717, 1.165) is 0 Å². The zero-order valence-corrected chi connectivity index (χ0v) is 44.9. The van der Waals surface area contributed by atoms with Crippen LogP contribution in [0, 0.1) is 0 Å². The number of rotatable bonds is 60. The van der Waals surface area contributed by atoms with E-state index in [1.807, 2.05) is 0 Å². The normalized spacial score (nSPS) is 11.7. The highest BCUT2D eigenvalue weighted by atomic mass is 14.8. The van der Waals surface area contributed by atoms with Crippen LogP contribution in [-0.4, -0.2) is 13.1 Å². The molecule has 0 spiro atoms. The van der Waals surface area contributed by atoms with Crippen LogP contribution < -0.4 is 5.32 Å². The average Bonchev–Trinajstić information content (AvgIpc) is 3.29. The predicted octanol–water partition coefficient (Wildman–Crippen LogP) is 23.2. The van der Waals surface area contributed by atoms with Gasteiger partial charge >= 0.3 is 0 Å². The van der Waals surface area contributed by atoms with Crippen LogP contribution >= 0.6 is 0 Å². The molecule has 0 saturated heterocycles. The Hall–Kier alpha value is -0.0400. The van der Waals surface area contributed by atoms with Crippen molar-refractivity contribution in [2.24, 2.45) is 0 Å². The summed E-state index contributed by atoms with van der Waals surface area (Å²) in [4.78, 5) is 0. The molecule has 63 heavy (non-hydrogen) atoms. The van der Waals surface area contributed by atoms with Gasteiger partial charge in [0.1, 0.15) is 0 Å². The van der Waals surface area contributed by atoms with Crippen LogP contribution in [0.2, 0.25) is 0 Å². The van der Waals surface area contributed by atoms with Crippen molar-refractivity contribution in [3.63, 3.8) is 0 Å². The number of unbranched alkanes of at least 4 members (excludes halogenated alkanes) is 56. The molecule has 0 heterocycles. The molecule has 0 aliphatic rings. The highest BCUT2D eigenvalue weighted by Crippen LogP contribution is 2.19. The van der Waals surface area contributed by atoms with Gasteiger partial charge in [-0.15, -0.1) is 0 Å². The van der Waals surface area contributed by atoms with Gasteiger partial charge in [-0.25, -0.2) is 0 Å². The van der Waals surface area contributed by atoms with Crippen molar-refractivity contribution in [3.8, 4) is 0 Å². The summed E-state index contributed by atoms with van der Waals surface area (Å²) >= 11 is 0. The van der Waals surface area contributed by atoms with Gasteiger partial charge in [0.2, 0.25) is 0 Å². The molecule has 0 atom stereocenters. The first-order valence-electron chi connectivity index (χ1n) is 31.1. The SMILES string of the molecule is CCCCCCCCCCCCCCCCCCCCCCCCCCCCCCCNCCCCCCCCCCCCCCCCCCCCCCCCCCCCCCC. The number of nitrogens with one attached hydrogen (secondary N) is 1. The van der Waals surface area contributed by atoms with E-state index in [9.17, 15) is 0 Å². The van der Waals surface area contributed by atoms with Crippen LogP contribution in [0.25, 0.3) is 0 Å². The summed E-state index contributed by atoms with van der Waals surface area (Å²) in [6.07, 6.45) is 85.6. The quantitative estimate of drug-likeness (QED) is 0.0600. The Kier molecular flexibility index (Phi) is 61.9. The zero-order valence-electron chi connectivity index (χ0n) is 44.9. The van der Waals surface area contributed by atoms with Crippen LogP contribution in [0.1, 0.15) is 386 Å². The first kappa shape index (κ1) is 63.0. The Morgan fingerprint density at radius 1 is 0.127 bits per heavy atom. The minimum atomic E-state index is 1.25. The Balaban J connectivity index is 3.06. The molecule has 0 aliphatic carbocycles. The van der Waals surface area contributed by atoms with Crippen molar-refractivity contribution >= 4 is 0 Å². The molecule has 1 heteroatoms. The van der Waals surface area contributed by atoms with Crippen molar-refractivity contribution < 1.29 is 0 Å². The molecule has 380 valence electrons. The van der Waals surface area contributed by atoms with E-state index in [1.165, 1.54) is 385 Å². The minimum absolute atomic E-state index is 1.25. The molecule has 0 unspecified atom stereocenters. The van der Waals surface area contributed by atoms with Gasteiger partial charge in [0.15, 0.2) is 0 Å². The topological polar surface area (TPSA) is 12.0 Å². The Bertz CT molecular complexity index is 671. The highest BCUT2D eigenvalue weighted by Gasteiger charge is 2.00. The molecule has 0 bridgehead atoms. The molecule has 0 aromatic rings. The maximum absolute atomic E-state index is 3.73. The Morgan fingerprint density at radius 2 is 0.222 bits per heavy atom. The van der Waals surface area contributed by atoms with Gasteiger partial charge in [-0.2, -0.15) is 0 Å². The molecule has 0 aromatic carbocycles. The molecular formula is C62H127N. The van der Waals surface area contributed by atoms with Gasteiger partial charge in [0, 0.05) is 0 Å². The van der Waals surface area contributed by atoms with E-state index in [2.05, 4.69) is 19.2 Å². The van der Waals surface area contributed by atoms with Gasteiger partial charge in [0.05, 0.1) is 0 Å². The smallest absolute Gasteiger partial charge is 0.00489 e. The number of hydrogen-bond acceptors (Lipinski definition) is 1. The van der Waals surface area contributed by atoms with Crippen LogP contribution in [0.15, 0.2) is 0 Å². The third kappa shape index (κ3) is 62.0. The fourth-order valence-electron chi connectivity index (χ4n) is 10.3. The first-order chi connectivity index (χ1) is 31.4. The second-order valence-electron chi connectivity index (χ2n) is 21.5. The lowest BCUT2D eigenvalue weighted by atomic mass is 10.0. The fourth-order valence-corrected chi connectivity index (χ4v) is 10.3. The lowest BCUT2D eigenvalue weighted by molar-refractivity contribution is 0.509. The predicted molar refractivity (Wildman–Crippen MR) is 292 cm³/mol. The second kappa shape index (κ2) is 62.0. The molecule has 0 saturated carbocycles. The molecule has 0 rings (SSSR count). The maximum Gasteiger partial charge on any atom is -0.00489 e. The lowest BCUT2D eigenvalue weighted by Gasteiger charge is -2.06. The van der Waals surface area contributed by atoms with E-state index >= 15 is 0 Å². The Morgan fingerprint density at radius 3 is 0.333 bits per heavy atom. The zero-order chi connectivity index (χ0) is 45.1. The fraction of sp³-hybridized carbons (Fsp3) is 1.00. The van der Waals surface area contributed by atoms with Gasteiger partial charge in [-0.3, -0.25) is 0 Å². The van der Waals surface area contributed by atoms with Crippen LogP contribution in [-0.2, 0) is 0 Å². The van der Waals surface area contributed by atoms with E-state index in [-0.39, 0.29) is 0 Å². The summed E-state index contributed by atoms with van der Waals surface area (Å²) in [5.41, 5.74) is 0.